The number of fused-ring (bicyclic) bond motifs is 1. The molecular formula is C31H35N5O6S. The van der Waals surface area contributed by atoms with E-state index in [0.29, 0.717) is 11.8 Å². The molecule has 4 aromatic rings. The van der Waals surface area contributed by atoms with Crippen LogP contribution in [0.2, 0.25) is 0 Å². The largest absolute Gasteiger partial charge is 0.456 e. The molecule has 0 spiro atoms. The monoisotopic (exact) mass is 605 g/mol. The van der Waals surface area contributed by atoms with E-state index in [1.807, 2.05) is 16.9 Å². The van der Waals surface area contributed by atoms with E-state index in [1.54, 1.807) is 36.5 Å². The number of H-pyrrole nitrogens is 1. The summed E-state index contributed by atoms with van der Waals surface area (Å²) in [5, 5.41) is 16.0. The Kier molecular flexibility index (Phi) is 8.97. The lowest BCUT2D eigenvalue weighted by Crippen LogP contribution is -2.40. The summed E-state index contributed by atoms with van der Waals surface area (Å²) in [4.78, 5) is 29.7. The van der Waals surface area contributed by atoms with Crippen molar-refractivity contribution in [2.45, 2.75) is 56.5 Å². The fourth-order valence-corrected chi connectivity index (χ4v) is 6.73. The Balaban J connectivity index is 1.31. The van der Waals surface area contributed by atoms with Crippen LogP contribution in [0.4, 0.5) is 11.4 Å². The topological polar surface area (TPSA) is 147 Å². The minimum absolute atomic E-state index is 0.00767. The van der Waals surface area contributed by atoms with E-state index in [1.165, 1.54) is 18.2 Å². The molecule has 1 aliphatic carbocycles. The van der Waals surface area contributed by atoms with Crippen LogP contribution in [0.5, 0.6) is 11.5 Å². The van der Waals surface area contributed by atoms with E-state index < -0.39 is 20.9 Å². The van der Waals surface area contributed by atoms with Crippen LogP contribution in [0.3, 0.4) is 0 Å². The normalized spacial score (nSPS) is 17.1. The van der Waals surface area contributed by atoms with Gasteiger partial charge in [-0.3, -0.25) is 14.9 Å². The summed E-state index contributed by atoms with van der Waals surface area (Å²) < 4.78 is 34.5. The second kappa shape index (κ2) is 12.8. The number of rotatable bonds is 11. The van der Waals surface area contributed by atoms with E-state index in [0.717, 1.165) is 55.7 Å². The van der Waals surface area contributed by atoms with Crippen molar-refractivity contribution < 1.29 is 22.9 Å². The van der Waals surface area contributed by atoms with Gasteiger partial charge in [0.15, 0.2) is 0 Å². The maximum absolute atomic E-state index is 13.2. The molecule has 43 heavy (non-hydrogen) atoms. The maximum Gasteiger partial charge on any atom is 0.293 e. The third-order valence-corrected chi connectivity index (χ3v) is 9.32. The molecule has 1 heterocycles. The number of amides is 1. The molecule has 3 N–H and O–H groups in total. The lowest BCUT2D eigenvalue weighted by molar-refractivity contribution is -0.384. The Hall–Kier alpha value is -4.42. The van der Waals surface area contributed by atoms with Gasteiger partial charge in [0.25, 0.3) is 21.6 Å². The third kappa shape index (κ3) is 6.65. The first-order valence-electron chi connectivity index (χ1n) is 14.4. The average molecular weight is 606 g/mol. The molecular weight excluding hydrogens is 570 g/mol. The number of nitro benzene ring substituents is 1. The second-order valence-corrected chi connectivity index (χ2v) is 12.2. The average Bonchev–Trinajstić information content (AvgIpc) is 3.49. The Bertz CT molecular complexity index is 1730. The number of carbonyl (C=O) groups is 1. The van der Waals surface area contributed by atoms with E-state index in [-0.39, 0.29) is 33.6 Å². The fourth-order valence-electron chi connectivity index (χ4n) is 5.74. The van der Waals surface area contributed by atoms with E-state index in [4.69, 9.17) is 4.74 Å². The van der Waals surface area contributed by atoms with Crippen molar-refractivity contribution in [2.24, 2.45) is 0 Å². The SMILES string of the molecule is CCN(CC)C1CCC(Nc2ccc(S(=O)(=O)NC(=O)c3ccccc3Oc3cccc4[nH]ccc34)cc2[N+](=O)[O-])CC1. The minimum atomic E-state index is -4.45. The van der Waals surface area contributed by atoms with E-state index >= 15 is 0 Å². The number of nitrogens with one attached hydrogen (secondary N) is 3. The van der Waals surface area contributed by atoms with Gasteiger partial charge in [0.05, 0.1) is 15.4 Å². The first-order valence-corrected chi connectivity index (χ1v) is 15.9. The molecule has 5 rings (SSSR count). The van der Waals surface area contributed by atoms with Crippen molar-refractivity contribution in [3.05, 3.63) is 88.6 Å². The Morgan fingerprint density at radius 1 is 1.00 bits per heavy atom. The smallest absolute Gasteiger partial charge is 0.293 e. The van der Waals surface area contributed by atoms with Gasteiger partial charge >= 0.3 is 0 Å². The molecule has 3 aromatic carbocycles. The van der Waals surface area contributed by atoms with Crippen molar-refractivity contribution in [3.63, 3.8) is 0 Å². The van der Waals surface area contributed by atoms with Crippen molar-refractivity contribution in [1.29, 1.82) is 0 Å². The number of nitro groups is 1. The van der Waals surface area contributed by atoms with Crippen LogP contribution < -0.4 is 14.8 Å². The summed E-state index contributed by atoms with van der Waals surface area (Å²) in [7, 11) is -4.45. The predicted octanol–water partition coefficient (Wildman–Crippen LogP) is 6.05. The van der Waals surface area contributed by atoms with Crippen LogP contribution in [0.15, 0.2) is 77.8 Å². The maximum atomic E-state index is 13.2. The van der Waals surface area contributed by atoms with Crippen molar-refractivity contribution in [1.82, 2.24) is 14.6 Å². The Labute approximate surface area is 250 Å². The highest BCUT2D eigenvalue weighted by molar-refractivity contribution is 7.90. The zero-order valence-electron chi connectivity index (χ0n) is 24.1. The highest BCUT2D eigenvalue weighted by atomic mass is 32.2. The van der Waals surface area contributed by atoms with Gasteiger partial charge in [-0.05, 0) is 81.2 Å². The van der Waals surface area contributed by atoms with Crippen LogP contribution in [0.25, 0.3) is 10.9 Å². The lowest BCUT2D eigenvalue weighted by Gasteiger charge is -2.36. The van der Waals surface area contributed by atoms with Gasteiger partial charge in [-0.25, -0.2) is 13.1 Å². The highest BCUT2D eigenvalue weighted by Crippen LogP contribution is 2.33. The van der Waals surface area contributed by atoms with Gasteiger partial charge in [0, 0.05) is 35.2 Å². The zero-order chi connectivity index (χ0) is 30.6. The summed E-state index contributed by atoms with van der Waals surface area (Å²) in [5.74, 6) is -0.279. The number of benzene rings is 3. The van der Waals surface area contributed by atoms with Crippen LogP contribution >= 0.6 is 0 Å². The summed E-state index contributed by atoms with van der Waals surface area (Å²) in [5.41, 5.74) is 0.712. The first-order chi connectivity index (χ1) is 20.7. The molecule has 226 valence electrons. The number of anilines is 1. The molecule has 0 saturated heterocycles. The van der Waals surface area contributed by atoms with Crippen LogP contribution in [-0.2, 0) is 10.0 Å². The number of sulfonamides is 1. The van der Waals surface area contributed by atoms with Gasteiger partial charge in [-0.15, -0.1) is 0 Å². The molecule has 0 bridgehead atoms. The van der Waals surface area contributed by atoms with E-state index in [9.17, 15) is 23.3 Å². The number of hydrogen-bond donors (Lipinski definition) is 3. The molecule has 1 saturated carbocycles. The van der Waals surface area contributed by atoms with Gasteiger partial charge < -0.3 is 19.9 Å². The van der Waals surface area contributed by atoms with Gasteiger partial charge in [0.1, 0.15) is 17.2 Å². The molecule has 0 aliphatic heterocycles. The lowest BCUT2D eigenvalue weighted by atomic mass is 9.90. The van der Waals surface area contributed by atoms with E-state index in [2.05, 4.69) is 29.0 Å². The number of hydrogen-bond acceptors (Lipinski definition) is 8. The summed E-state index contributed by atoms with van der Waals surface area (Å²) in [6, 6.07) is 17.7. The Morgan fingerprint density at radius 3 is 2.44 bits per heavy atom. The number of para-hydroxylation sites is 1. The highest BCUT2D eigenvalue weighted by Gasteiger charge is 2.28. The number of aromatic amines is 1. The molecule has 12 heteroatoms. The predicted molar refractivity (Wildman–Crippen MR) is 165 cm³/mol. The Morgan fingerprint density at radius 2 is 1.72 bits per heavy atom. The molecule has 1 amide bonds. The molecule has 1 aromatic heterocycles. The number of carbonyl (C=O) groups excluding carboxylic acids is 1. The molecule has 0 unspecified atom stereocenters. The molecule has 1 aliphatic rings. The molecule has 1 fully saturated rings. The third-order valence-electron chi connectivity index (χ3n) is 7.99. The zero-order valence-corrected chi connectivity index (χ0v) is 24.9. The van der Waals surface area contributed by atoms with Crippen LogP contribution in [-0.4, -0.2) is 54.3 Å². The van der Waals surface area contributed by atoms with Crippen molar-refractivity contribution in [3.8, 4) is 11.5 Å². The number of ether oxygens (including phenoxy) is 1. The number of nitrogens with zero attached hydrogens (tertiary/aromatic N) is 2. The summed E-state index contributed by atoms with van der Waals surface area (Å²) in [6.07, 6.45) is 5.44. The molecule has 0 radical (unpaired) electrons. The summed E-state index contributed by atoms with van der Waals surface area (Å²) >= 11 is 0. The number of aromatic nitrogens is 1. The van der Waals surface area contributed by atoms with Crippen molar-refractivity contribution in [2.75, 3.05) is 18.4 Å². The van der Waals surface area contributed by atoms with Crippen LogP contribution in [0.1, 0.15) is 49.9 Å². The van der Waals surface area contributed by atoms with Crippen LogP contribution in [0, 0.1) is 10.1 Å². The second-order valence-electron chi connectivity index (χ2n) is 10.5. The fraction of sp³-hybridized carbons (Fsp3) is 0.323. The summed E-state index contributed by atoms with van der Waals surface area (Å²) in [6.45, 7) is 6.26. The standard InChI is InChI=1S/C31H35N5O6S/c1-3-35(4-2)22-14-12-21(13-15-22)33-27-17-16-23(20-28(27)36(38)39)43(40,41)34-31(37)25-8-5-6-10-30(25)42-29-11-7-9-26-24(29)18-19-32-26/h5-11,16-22,32-33H,3-4,12-15H2,1-2H3,(H,34,37). The van der Waals surface area contributed by atoms with Crippen molar-refractivity contribution >= 4 is 38.2 Å². The quantitative estimate of drug-likeness (QED) is 0.138. The minimum Gasteiger partial charge on any atom is -0.456 e. The van der Waals surface area contributed by atoms with Gasteiger partial charge in [-0.2, -0.15) is 0 Å². The van der Waals surface area contributed by atoms with Gasteiger partial charge in [-0.1, -0.05) is 32.0 Å². The molecule has 11 nitrogen and oxygen atoms in total. The first kappa shape index (κ1) is 30.1. The van der Waals surface area contributed by atoms with Gasteiger partial charge in [0.2, 0.25) is 0 Å². The molecule has 0 atom stereocenters.